The molecular weight excluding hydrogens is 304 g/mol. The van der Waals surface area contributed by atoms with Crippen LogP contribution in [0.1, 0.15) is 16.1 Å². The Morgan fingerprint density at radius 2 is 1.87 bits per heavy atom. The van der Waals surface area contributed by atoms with Crippen molar-refractivity contribution in [1.29, 1.82) is 0 Å². The molecule has 1 aromatic heterocycles. The van der Waals surface area contributed by atoms with Crippen molar-refractivity contribution in [2.45, 2.75) is 6.61 Å². The third-order valence-corrected chi connectivity index (χ3v) is 3.12. The Morgan fingerprint density at radius 3 is 2.61 bits per heavy atom. The number of carbonyl (C=O) groups excluding carboxylic acids is 1. The van der Waals surface area contributed by atoms with Gasteiger partial charge in [-0.1, -0.05) is 35.5 Å². The Balaban J connectivity index is 1.67. The number of benzene rings is 2. The van der Waals surface area contributed by atoms with Gasteiger partial charge in [-0.05, 0) is 12.1 Å². The minimum atomic E-state index is -0.972. The first-order chi connectivity index (χ1) is 11.1. The van der Waals surface area contributed by atoms with Crippen molar-refractivity contribution < 1.29 is 22.8 Å². The fraction of sp³-hybridized carbons (Fsp3) is 0.0588. The summed E-state index contributed by atoms with van der Waals surface area (Å²) >= 11 is 0. The zero-order valence-corrected chi connectivity index (χ0v) is 11.8. The van der Waals surface area contributed by atoms with Crippen LogP contribution < -0.4 is 0 Å². The lowest BCUT2D eigenvalue weighted by atomic mass is 10.2. The van der Waals surface area contributed by atoms with E-state index in [1.165, 1.54) is 0 Å². The zero-order valence-electron chi connectivity index (χ0n) is 11.8. The van der Waals surface area contributed by atoms with Gasteiger partial charge in [-0.3, -0.25) is 0 Å². The van der Waals surface area contributed by atoms with Gasteiger partial charge in [0, 0.05) is 17.7 Å². The predicted octanol–water partition coefficient (Wildman–Crippen LogP) is 3.98. The van der Waals surface area contributed by atoms with E-state index < -0.39 is 17.6 Å². The van der Waals surface area contributed by atoms with Crippen molar-refractivity contribution in [3.05, 3.63) is 77.5 Å². The van der Waals surface area contributed by atoms with E-state index in [1.807, 2.05) is 30.3 Å². The summed E-state index contributed by atoms with van der Waals surface area (Å²) in [6, 6.07) is 13.6. The van der Waals surface area contributed by atoms with Crippen LogP contribution in [0.5, 0.6) is 0 Å². The van der Waals surface area contributed by atoms with Crippen LogP contribution >= 0.6 is 0 Å². The van der Waals surface area contributed by atoms with E-state index in [9.17, 15) is 13.6 Å². The van der Waals surface area contributed by atoms with Crippen LogP contribution in [-0.4, -0.2) is 11.1 Å². The fourth-order valence-electron chi connectivity index (χ4n) is 1.99. The van der Waals surface area contributed by atoms with Crippen LogP contribution in [0.25, 0.3) is 11.3 Å². The maximum absolute atomic E-state index is 13.5. The molecule has 4 nitrogen and oxygen atoms in total. The number of esters is 1. The molecule has 2 aromatic carbocycles. The number of hydrogen-bond donors (Lipinski definition) is 0. The van der Waals surface area contributed by atoms with Gasteiger partial charge in [0.15, 0.2) is 5.76 Å². The van der Waals surface area contributed by atoms with E-state index in [1.54, 1.807) is 6.07 Å². The van der Waals surface area contributed by atoms with Crippen molar-refractivity contribution in [3.8, 4) is 11.3 Å². The minimum absolute atomic E-state index is 0.175. The van der Waals surface area contributed by atoms with Crippen molar-refractivity contribution in [2.75, 3.05) is 0 Å². The molecule has 0 atom stereocenters. The quantitative estimate of drug-likeness (QED) is 0.683. The van der Waals surface area contributed by atoms with Gasteiger partial charge >= 0.3 is 5.97 Å². The molecule has 0 bridgehead atoms. The molecule has 1 heterocycles. The van der Waals surface area contributed by atoms with Crippen LogP contribution in [0.15, 0.2) is 59.1 Å². The SMILES string of the molecule is O=C(OCc1cc(-c2ccccc2)on1)c1ccc(F)cc1F. The van der Waals surface area contributed by atoms with Gasteiger partial charge in [-0.2, -0.15) is 0 Å². The molecule has 0 radical (unpaired) electrons. The Labute approximate surface area is 130 Å². The molecule has 0 fully saturated rings. The van der Waals surface area contributed by atoms with Gasteiger partial charge < -0.3 is 9.26 Å². The van der Waals surface area contributed by atoms with E-state index in [-0.39, 0.29) is 12.2 Å². The molecule has 6 heteroatoms. The third-order valence-electron chi connectivity index (χ3n) is 3.12. The molecule has 116 valence electrons. The number of nitrogens with zero attached hydrogens (tertiary/aromatic N) is 1. The topological polar surface area (TPSA) is 52.3 Å². The highest BCUT2D eigenvalue weighted by atomic mass is 19.1. The fourth-order valence-corrected chi connectivity index (χ4v) is 1.99. The Kier molecular flexibility index (Phi) is 4.14. The van der Waals surface area contributed by atoms with E-state index in [0.717, 1.165) is 17.7 Å². The second kappa shape index (κ2) is 6.39. The van der Waals surface area contributed by atoms with Crippen LogP contribution in [0.2, 0.25) is 0 Å². The number of hydrogen-bond acceptors (Lipinski definition) is 4. The second-order valence-corrected chi connectivity index (χ2v) is 4.75. The Bertz CT molecular complexity index is 831. The monoisotopic (exact) mass is 315 g/mol. The van der Waals surface area contributed by atoms with Gasteiger partial charge in [-0.15, -0.1) is 0 Å². The molecule has 0 aliphatic rings. The van der Waals surface area contributed by atoms with Crippen LogP contribution in [0.4, 0.5) is 8.78 Å². The molecular formula is C17H11F2NO3. The van der Waals surface area contributed by atoms with Gasteiger partial charge in [0.25, 0.3) is 0 Å². The van der Waals surface area contributed by atoms with E-state index >= 15 is 0 Å². The van der Waals surface area contributed by atoms with Crippen molar-refractivity contribution in [2.24, 2.45) is 0 Å². The van der Waals surface area contributed by atoms with E-state index in [0.29, 0.717) is 17.5 Å². The number of ether oxygens (including phenoxy) is 1. The summed E-state index contributed by atoms with van der Waals surface area (Å²) in [6.07, 6.45) is 0. The Hall–Kier alpha value is -3.02. The predicted molar refractivity (Wildman–Crippen MR) is 77.4 cm³/mol. The second-order valence-electron chi connectivity index (χ2n) is 4.75. The van der Waals surface area contributed by atoms with Crippen molar-refractivity contribution in [3.63, 3.8) is 0 Å². The molecule has 0 N–H and O–H groups in total. The summed E-state index contributed by atoms with van der Waals surface area (Å²) in [4.78, 5) is 11.8. The summed E-state index contributed by atoms with van der Waals surface area (Å²) in [6.45, 7) is -0.175. The molecule has 0 saturated carbocycles. The maximum Gasteiger partial charge on any atom is 0.341 e. The smallest absolute Gasteiger partial charge is 0.341 e. The van der Waals surface area contributed by atoms with Crippen LogP contribution in [0.3, 0.4) is 0 Å². The largest absolute Gasteiger partial charge is 0.455 e. The van der Waals surface area contributed by atoms with E-state index in [2.05, 4.69) is 5.16 Å². The highest BCUT2D eigenvalue weighted by molar-refractivity contribution is 5.89. The highest BCUT2D eigenvalue weighted by Gasteiger charge is 2.15. The Morgan fingerprint density at radius 1 is 1.09 bits per heavy atom. The number of halogens is 2. The third kappa shape index (κ3) is 3.42. The summed E-state index contributed by atoms with van der Waals surface area (Å²) in [5.74, 6) is -2.10. The highest BCUT2D eigenvalue weighted by Crippen LogP contribution is 2.20. The minimum Gasteiger partial charge on any atom is -0.455 e. The number of rotatable bonds is 4. The lowest BCUT2D eigenvalue weighted by molar-refractivity contribution is 0.0459. The summed E-state index contributed by atoms with van der Waals surface area (Å²) in [5.41, 5.74) is 0.889. The lowest BCUT2D eigenvalue weighted by Crippen LogP contribution is -2.08. The van der Waals surface area contributed by atoms with Gasteiger partial charge in [0.05, 0.1) is 5.56 Å². The lowest BCUT2D eigenvalue weighted by Gasteiger charge is -2.03. The summed E-state index contributed by atoms with van der Waals surface area (Å²) in [5, 5.41) is 3.79. The van der Waals surface area contributed by atoms with Gasteiger partial charge in [-0.25, -0.2) is 13.6 Å². The maximum atomic E-state index is 13.5. The molecule has 0 saturated heterocycles. The molecule has 3 aromatic rings. The zero-order chi connectivity index (χ0) is 16.2. The molecule has 0 aliphatic heterocycles. The van der Waals surface area contributed by atoms with E-state index in [4.69, 9.17) is 9.26 Å². The first-order valence-corrected chi connectivity index (χ1v) is 6.76. The average molecular weight is 315 g/mol. The van der Waals surface area contributed by atoms with Gasteiger partial charge in [0.2, 0.25) is 0 Å². The number of aromatic nitrogens is 1. The molecule has 0 unspecified atom stereocenters. The molecule has 23 heavy (non-hydrogen) atoms. The first kappa shape index (κ1) is 14.9. The van der Waals surface area contributed by atoms with Gasteiger partial charge in [0.1, 0.15) is 23.9 Å². The molecule has 0 spiro atoms. The van der Waals surface area contributed by atoms with Crippen molar-refractivity contribution >= 4 is 5.97 Å². The van der Waals surface area contributed by atoms with Crippen molar-refractivity contribution in [1.82, 2.24) is 5.16 Å². The molecule has 0 amide bonds. The normalized spacial score (nSPS) is 10.5. The summed E-state index contributed by atoms with van der Waals surface area (Å²) in [7, 11) is 0. The standard InChI is InChI=1S/C17H11F2NO3/c18-12-6-7-14(15(19)8-12)17(21)22-10-13-9-16(23-20-13)11-4-2-1-3-5-11/h1-9H,10H2. The first-order valence-electron chi connectivity index (χ1n) is 6.76. The van der Waals surface area contributed by atoms with Crippen LogP contribution in [0, 0.1) is 11.6 Å². The summed E-state index contributed by atoms with van der Waals surface area (Å²) < 4.78 is 36.4. The number of carbonyl (C=O) groups is 1. The molecule has 0 aliphatic carbocycles. The average Bonchev–Trinajstić information content (AvgIpc) is 3.02. The van der Waals surface area contributed by atoms with Crippen LogP contribution in [-0.2, 0) is 11.3 Å². The molecule has 3 rings (SSSR count).